The van der Waals surface area contributed by atoms with Crippen LogP contribution in [0.3, 0.4) is 0 Å². The third-order valence-corrected chi connectivity index (χ3v) is 12.0. The number of nitrogens with one attached hydrogen (secondary N) is 2. The number of oxime groups is 1. The van der Waals surface area contributed by atoms with E-state index in [1.807, 2.05) is 0 Å². The van der Waals surface area contributed by atoms with Gasteiger partial charge >= 0.3 is 5.97 Å². The molecule has 0 radical (unpaired) electrons. The summed E-state index contributed by atoms with van der Waals surface area (Å²) in [6.07, 6.45) is 4.08. The zero-order valence-corrected chi connectivity index (χ0v) is 25.4. The maximum atomic E-state index is 13.5. The SMILES string of the molecule is Nc1nc(C(=NOC2CCCC2)C(=O)N[C@@H]2C(=O)N3C(C(=O)O)=C(C(=C4CCNC4=O)C4CCS(=O)(=O)C4)CS[C@H]23)cs1. The first-order valence-electron chi connectivity index (χ1n) is 13.9. The van der Waals surface area contributed by atoms with E-state index in [-0.39, 0.29) is 63.5 Å². The minimum atomic E-state index is -3.35. The Kier molecular flexibility index (Phi) is 7.97. The molecule has 4 aliphatic heterocycles. The zero-order chi connectivity index (χ0) is 30.5. The number of amides is 3. The number of β-lactam (4-membered cyclic amide) rings is 1. The predicted octanol–water partition coefficient (Wildman–Crippen LogP) is 0.378. The van der Waals surface area contributed by atoms with Crippen molar-refractivity contribution in [3.8, 4) is 0 Å². The third-order valence-electron chi connectivity index (χ3n) is 8.26. The van der Waals surface area contributed by atoms with Crippen molar-refractivity contribution in [2.45, 2.75) is 56.0 Å². The number of nitrogens with zero attached hydrogens (tertiary/aromatic N) is 3. The largest absolute Gasteiger partial charge is 0.477 e. The molecule has 3 amide bonds. The van der Waals surface area contributed by atoms with Gasteiger partial charge in [0, 0.05) is 23.3 Å². The number of hydrogen-bond donors (Lipinski definition) is 4. The lowest BCUT2D eigenvalue weighted by atomic mass is 9.85. The van der Waals surface area contributed by atoms with E-state index in [1.54, 1.807) is 5.38 Å². The number of aliphatic carboxylic acids is 1. The molecular formula is C26H30N6O8S3. The summed E-state index contributed by atoms with van der Waals surface area (Å²) in [5, 5.41) is 20.8. The van der Waals surface area contributed by atoms with Gasteiger partial charge in [-0.2, -0.15) is 0 Å². The molecule has 14 nitrogen and oxygen atoms in total. The van der Waals surface area contributed by atoms with E-state index in [0.29, 0.717) is 24.1 Å². The van der Waals surface area contributed by atoms with Crippen LogP contribution in [-0.4, -0.2) is 94.1 Å². The number of thioether (sulfide) groups is 1. The van der Waals surface area contributed by atoms with Crippen LogP contribution >= 0.6 is 23.1 Å². The topological polar surface area (TPSA) is 210 Å². The summed E-state index contributed by atoms with van der Waals surface area (Å²) < 4.78 is 24.7. The number of carboxylic acid groups (broad SMARTS) is 1. The number of rotatable bonds is 8. The van der Waals surface area contributed by atoms with Crippen molar-refractivity contribution >= 4 is 67.5 Å². The van der Waals surface area contributed by atoms with E-state index < -0.39 is 45.0 Å². The molecule has 5 heterocycles. The molecule has 0 aromatic carbocycles. The minimum absolute atomic E-state index is 0.0583. The van der Waals surface area contributed by atoms with Gasteiger partial charge in [-0.05, 0) is 55.6 Å². The van der Waals surface area contributed by atoms with Crippen molar-refractivity contribution in [3.63, 3.8) is 0 Å². The molecule has 1 saturated carbocycles. The standard InChI is InChI=1S/C26H30N6O8S3/c27-26-29-16(10-42-26)18(31-40-13-3-1-2-4-13)22(34)30-19-23(35)32-20(25(36)37)15(9-41-24(19)32)17(14-5-7-28-21(14)33)12-6-8-43(38,39)11-12/h10,12-13,19,24H,1-9,11H2,(H2,27,29)(H,28,33)(H,30,34)(H,36,37)/t12?,19-,24-/m1/s1. The maximum Gasteiger partial charge on any atom is 0.352 e. The summed E-state index contributed by atoms with van der Waals surface area (Å²) in [7, 11) is -3.35. The van der Waals surface area contributed by atoms with Gasteiger partial charge in [0.15, 0.2) is 20.7 Å². The van der Waals surface area contributed by atoms with E-state index >= 15 is 0 Å². The Morgan fingerprint density at radius 3 is 2.60 bits per heavy atom. The second kappa shape index (κ2) is 11.6. The van der Waals surface area contributed by atoms with Gasteiger partial charge in [-0.3, -0.25) is 19.3 Å². The number of carbonyl (C=O) groups is 4. The third kappa shape index (κ3) is 5.64. The maximum absolute atomic E-state index is 13.5. The van der Waals surface area contributed by atoms with Gasteiger partial charge < -0.3 is 26.3 Å². The molecular weight excluding hydrogens is 621 g/mol. The highest BCUT2D eigenvalue weighted by molar-refractivity contribution is 8.00. The first-order valence-corrected chi connectivity index (χ1v) is 17.7. The van der Waals surface area contributed by atoms with Crippen LogP contribution in [0.25, 0.3) is 0 Å². The van der Waals surface area contributed by atoms with Crippen LogP contribution < -0.4 is 16.4 Å². The van der Waals surface area contributed by atoms with Gasteiger partial charge in [-0.25, -0.2) is 18.2 Å². The minimum Gasteiger partial charge on any atom is -0.477 e. The Morgan fingerprint density at radius 1 is 1.23 bits per heavy atom. The van der Waals surface area contributed by atoms with Gasteiger partial charge in [-0.15, -0.1) is 23.1 Å². The number of sulfone groups is 1. The number of thiazole rings is 1. The lowest BCUT2D eigenvalue weighted by molar-refractivity contribution is -0.150. The van der Waals surface area contributed by atoms with E-state index in [4.69, 9.17) is 10.6 Å². The van der Waals surface area contributed by atoms with Crippen LogP contribution in [0.5, 0.6) is 0 Å². The number of allylic oxidation sites excluding steroid dienone is 1. The average molecular weight is 651 g/mol. The number of nitrogens with two attached hydrogens (primary N) is 1. The number of nitrogen functional groups attached to an aromatic ring is 1. The Hall–Kier alpha value is -3.44. The van der Waals surface area contributed by atoms with E-state index in [1.165, 1.54) is 11.8 Å². The highest BCUT2D eigenvalue weighted by Crippen LogP contribution is 2.46. The summed E-state index contributed by atoms with van der Waals surface area (Å²) in [6.45, 7) is 0.359. The summed E-state index contributed by atoms with van der Waals surface area (Å²) in [5.41, 5.74) is 6.57. The molecule has 3 atom stereocenters. The second-order valence-corrected chi connectivity index (χ2v) is 15.2. The summed E-state index contributed by atoms with van der Waals surface area (Å²) in [5.74, 6) is -3.79. The van der Waals surface area contributed by atoms with Gasteiger partial charge in [0.2, 0.25) is 5.91 Å². The summed E-state index contributed by atoms with van der Waals surface area (Å²) in [6, 6.07) is -1.06. The molecule has 5 aliphatic rings. The Balaban J connectivity index is 1.28. The molecule has 5 N–H and O–H groups in total. The molecule has 17 heteroatoms. The molecule has 4 fully saturated rings. The van der Waals surface area contributed by atoms with Gasteiger partial charge in [0.25, 0.3) is 11.8 Å². The van der Waals surface area contributed by atoms with Crippen molar-refractivity contribution in [1.82, 2.24) is 20.5 Å². The molecule has 0 spiro atoms. The smallest absolute Gasteiger partial charge is 0.352 e. The average Bonchev–Trinajstić information content (AvgIpc) is 3.78. The van der Waals surface area contributed by atoms with Crippen molar-refractivity contribution in [3.05, 3.63) is 33.5 Å². The highest BCUT2D eigenvalue weighted by Gasteiger charge is 2.55. The Labute approximate surface area is 255 Å². The zero-order valence-electron chi connectivity index (χ0n) is 22.9. The van der Waals surface area contributed by atoms with Crippen molar-refractivity contribution < 1.29 is 37.5 Å². The highest BCUT2D eigenvalue weighted by atomic mass is 32.2. The van der Waals surface area contributed by atoms with Gasteiger partial charge in [-0.1, -0.05) is 5.16 Å². The van der Waals surface area contributed by atoms with Crippen molar-refractivity contribution in [2.75, 3.05) is 29.5 Å². The van der Waals surface area contributed by atoms with E-state index in [2.05, 4.69) is 20.8 Å². The number of fused-ring (bicyclic) bond motifs is 1. The molecule has 1 aromatic rings. The number of carboxylic acids is 1. The Bertz CT molecular complexity index is 1590. The van der Waals surface area contributed by atoms with Gasteiger partial charge in [0.05, 0.1) is 11.5 Å². The number of hydrogen-bond acceptors (Lipinski definition) is 12. The molecule has 230 valence electrons. The van der Waals surface area contributed by atoms with E-state index in [0.717, 1.165) is 41.9 Å². The van der Waals surface area contributed by atoms with Crippen LogP contribution in [0.4, 0.5) is 5.13 Å². The van der Waals surface area contributed by atoms with Gasteiger partial charge in [0.1, 0.15) is 28.9 Å². The fourth-order valence-electron chi connectivity index (χ4n) is 6.23. The number of carbonyl (C=O) groups excluding carboxylic acids is 3. The lowest BCUT2D eigenvalue weighted by Crippen LogP contribution is -2.71. The molecule has 43 heavy (non-hydrogen) atoms. The van der Waals surface area contributed by atoms with Crippen molar-refractivity contribution in [1.29, 1.82) is 0 Å². The molecule has 1 aliphatic carbocycles. The van der Waals surface area contributed by atoms with Crippen LogP contribution in [0.1, 0.15) is 44.2 Å². The Morgan fingerprint density at radius 2 is 2.00 bits per heavy atom. The molecule has 1 aromatic heterocycles. The molecule has 1 unspecified atom stereocenters. The normalized spacial score (nSPS) is 28.4. The van der Waals surface area contributed by atoms with Crippen LogP contribution in [0.15, 0.2) is 33.0 Å². The fourth-order valence-corrected chi connectivity index (χ4v) is 9.90. The second-order valence-electron chi connectivity index (χ2n) is 11.0. The lowest BCUT2D eigenvalue weighted by Gasteiger charge is -2.50. The first kappa shape index (κ1) is 29.6. The van der Waals surface area contributed by atoms with E-state index in [9.17, 15) is 32.7 Å². The molecule has 6 rings (SSSR count). The monoisotopic (exact) mass is 650 g/mol. The van der Waals surface area contributed by atoms with Crippen LogP contribution in [0, 0.1) is 5.92 Å². The van der Waals surface area contributed by atoms with Crippen LogP contribution in [0.2, 0.25) is 0 Å². The summed E-state index contributed by atoms with van der Waals surface area (Å²) in [4.78, 5) is 63.1. The molecule has 0 bridgehead atoms. The molecule has 3 saturated heterocycles. The summed E-state index contributed by atoms with van der Waals surface area (Å²) >= 11 is 2.36. The number of aromatic nitrogens is 1. The quantitative estimate of drug-likeness (QED) is 0.131. The predicted molar refractivity (Wildman–Crippen MR) is 158 cm³/mol. The fraction of sp³-hybridized carbons (Fsp3) is 0.538. The number of anilines is 1. The van der Waals surface area contributed by atoms with Crippen LogP contribution in [-0.2, 0) is 33.9 Å². The van der Waals surface area contributed by atoms with Crippen molar-refractivity contribution in [2.24, 2.45) is 11.1 Å². The first-order chi connectivity index (χ1) is 20.5.